The Kier molecular flexibility index (Phi) is 16.5. The molecule has 0 bridgehead atoms. The number of methoxy groups -OCH3 is 1. The Bertz CT molecular complexity index is 1570. The number of carbonyl (C=O) groups excluding carboxylic acids is 5. The van der Waals surface area contributed by atoms with E-state index >= 15 is 0 Å². The molecule has 0 heterocycles. The quantitative estimate of drug-likeness (QED) is 0.0821. The molecule has 238 valence electrons. The summed E-state index contributed by atoms with van der Waals surface area (Å²) in [5.74, 6) is -1.97. The van der Waals surface area contributed by atoms with Crippen LogP contribution in [0.1, 0.15) is 50.5 Å². The van der Waals surface area contributed by atoms with E-state index in [0.717, 1.165) is 9.13 Å². The molecule has 0 radical (unpaired) electrons. The van der Waals surface area contributed by atoms with Crippen LogP contribution in [0.5, 0.6) is 0 Å². The minimum atomic E-state index is -0.571. The Hall–Kier alpha value is -0.360. The van der Waals surface area contributed by atoms with E-state index in [-0.39, 0.29) is 36.7 Å². The molecular formula is C26H25I6N5O7. The number of ether oxygens (including phenoxy) is 2. The fourth-order valence-electron chi connectivity index (χ4n) is 3.45. The van der Waals surface area contributed by atoms with Gasteiger partial charge in [-0.3, -0.25) is 24.0 Å². The van der Waals surface area contributed by atoms with E-state index in [1.807, 2.05) is 97.3 Å². The molecule has 0 saturated carbocycles. The van der Waals surface area contributed by atoms with Gasteiger partial charge in [0.25, 0.3) is 17.7 Å². The molecule has 0 unspecified atom stereocenters. The smallest absolute Gasteiger partial charge is 0.302 e. The van der Waals surface area contributed by atoms with Crippen molar-refractivity contribution in [3.05, 3.63) is 43.7 Å². The number of rotatable bonds is 10. The van der Waals surface area contributed by atoms with E-state index in [2.05, 4.69) is 71.4 Å². The lowest BCUT2D eigenvalue weighted by Crippen LogP contribution is -2.35. The van der Waals surface area contributed by atoms with Crippen LogP contribution < -0.4 is 21.3 Å². The monoisotopic (exact) mass is 1280 g/mol. The maximum absolute atomic E-state index is 13.5. The molecule has 0 aromatic heterocycles. The van der Waals surface area contributed by atoms with E-state index < -0.39 is 23.7 Å². The molecule has 2 aromatic rings. The van der Waals surface area contributed by atoms with Crippen molar-refractivity contribution in [2.45, 2.75) is 20.8 Å². The van der Waals surface area contributed by atoms with Crippen molar-refractivity contribution in [2.75, 3.05) is 39.2 Å². The predicted molar refractivity (Wildman–Crippen MR) is 217 cm³/mol. The Morgan fingerprint density at radius 3 is 1.84 bits per heavy atom. The fraction of sp³-hybridized carbons (Fsp3) is 0.308. The molecule has 0 aliphatic carbocycles. The van der Waals surface area contributed by atoms with E-state index in [1.165, 1.54) is 21.1 Å². The largest absolute Gasteiger partial charge is 0.484 e. The summed E-state index contributed by atoms with van der Waals surface area (Å²) in [5.41, 5.74) is 2.47. The van der Waals surface area contributed by atoms with Crippen LogP contribution in [-0.2, 0) is 19.1 Å². The number of anilines is 1. The molecule has 12 nitrogen and oxygen atoms in total. The molecule has 0 spiro atoms. The van der Waals surface area contributed by atoms with Gasteiger partial charge < -0.3 is 30.7 Å². The summed E-state index contributed by atoms with van der Waals surface area (Å²) in [6, 6.07) is 0. The molecule has 4 amide bonds. The van der Waals surface area contributed by atoms with Crippen LogP contribution >= 0.6 is 136 Å². The lowest BCUT2D eigenvalue weighted by Gasteiger charge is -2.19. The average Bonchev–Trinajstić information content (AvgIpc) is 2.97. The van der Waals surface area contributed by atoms with Gasteiger partial charge in [0, 0.05) is 31.6 Å². The Balaban J connectivity index is 2.37. The van der Waals surface area contributed by atoms with Crippen LogP contribution in [0.3, 0.4) is 0 Å². The van der Waals surface area contributed by atoms with Crippen LogP contribution in [0.2, 0.25) is 0 Å². The van der Waals surface area contributed by atoms with Gasteiger partial charge in [0.15, 0.2) is 5.90 Å². The Morgan fingerprint density at radius 2 is 1.30 bits per heavy atom. The zero-order valence-corrected chi connectivity index (χ0v) is 36.6. The van der Waals surface area contributed by atoms with E-state index in [9.17, 15) is 24.0 Å². The van der Waals surface area contributed by atoms with Crippen molar-refractivity contribution in [2.24, 2.45) is 4.99 Å². The van der Waals surface area contributed by atoms with Crippen molar-refractivity contribution in [3.8, 4) is 0 Å². The minimum Gasteiger partial charge on any atom is -0.484 e. The third-order valence-electron chi connectivity index (χ3n) is 5.67. The number of carbonyl (C=O) groups is 5. The van der Waals surface area contributed by atoms with E-state index in [4.69, 9.17) is 9.47 Å². The van der Waals surface area contributed by atoms with Gasteiger partial charge in [-0.25, -0.2) is 4.99 Å². The first kappa shape index (κ1) is 39.8. The summed E-state index contributed by atoms with van der Waals surface area (Å²) < 4.78 is 13.5. The van der Waals surface area contributed by atoms with Gasteiger partial charge in [0.2, 0.25) is 5.91 Å². The molecule has 44 heavy (non-hydrogen) atoms. The number of benzene rings is 2. The van der Waals surface area contributed by atoms with Crippen molar-refractivity contribution in [1.82, 2.24) is 16.0 Å². The van der Waals surface area contributed by atoms with Crippen molar-refractivity contribution in [1.29, 1.82) is 0 Å². The predicted octanol–water partition coefficient (Wildman–Crippen LogP) is 5.34. The first-order valence-corrected chi connectivity index (χ1v) is 18.7. The third kappa shape index (κ3) is 9.83. The topological polar surface area (TPSA) is 164 Å². The zero-order chi connectivity index (χ0) is 33.5. The highest BCUT2D eigenvalue weighted by molar-refractivity contribution is 14.1. The summed E-state index contributed by atoms with van der Waals surface area (Å²) in [6.07, 6.45) is 0. The Morgan fingerprint density at radius 1 is 0.750 bits per heavy atom. The lowest BCUT2D eigenvalue weighted by atomic mass is 10.1. The van der Waals surface area contributed by atoms with Gasteiger partial charge in [-0.2, -0.15) is 0 Å². The molecule has 0 aliphatic heterocycles. The highest BCUT2D eigenvalue weighted by Gasteiger charge is 2.28. The van der Waals surface area contributed by atoms with Gasteiger partial charge in [-0.05, 0) is 148 Å². The SMILES string of the molecule is CNC(=O)c1c(I)c(N=C(C)OC)c(I)c(C(=O)NCC(=O)Nc2c(I)c(C)c(I)c(C(=O)NCCOC(C)=O)c2I)c1I. The molecule has 2 rings (SSSR count). The van der Waals surface area contributed by atoms with Crippen LogP contribution in [0, 0.1) is 28.3 Å². The summed E-state index contributed by atoms with van der Waals surface area (Å²) in [7, 11) is 2.96. The van der Waals surface area contributed by atoms with Crippen molar-refractivity contribution >= 4 is 182 Å². The number of nitrogens with zero attached hydrogens (tertiary/aromatic N) is 1. The van der Waals surface area contributed by atoms with E-state index in [0.29, 0.717) is 40.7 Å². The van der Waals surface area contributed by atoms with Crippen molar-refractivity contribution < 1.29 is 33.4 Å². The number of hydrogen-bond acceptors (Lipinski definition) is 8. The lowest BCUT2D eigenvalue weighted by molar-refractivity contribution is -0.140. The molecule has 0 fully saturated rings. The fourth-order valence-corrected chi connectivity index (χ4v) is 11.8. The standard InChI is InChI=1S/C26H25I6N5O7/c1-9-16(27)13(25(41)34-6-7-44-11(3)38)19(30)22(17(9)28)37-12(39)8-35-26(42)15-18(29)14(24(40)33-4)20(31)23(21(15)32)36-10(2)43-5/h6-8H2,1-5H3,(H,33,40)(H,34,41)(H,35,42)(H,37,39). The summed E-state index contributed by atoms with van der Waals surface area (Å²) >= 11 is 12.1. The number of esters is 1. The molecule has 0 atom stereocenters. The molecule has 2 aromatic carbocycles. The second kappa shape index (κ2) is 18.3. The van der Waals surface area contributed by atoms with Crippen LogP contribution in [0.25, 0.3) is 0 Å². The number of nitrogens with one attached hydrogen (secondary N) is 4. The first-order chi connectivity index (χ1) is 20.6. The third-order valence-corrected chi connectivity index (χ3v) is 12.6. The number of halogens is 6. The molecule has 0 aliphatic rings. The normalized spacial score (nSPS) is 11.0. The highest BCUT2D eigenvalue weighted by Crippen LogP contribution is 2.38. The second-order valence-corrected chi connectivity index (χ2v) is 15.1. The molecule has 0 saturated heterocycles. The zero-order valence-electron chi connectivity index (χ0n) is 23.7. The van der Waals surface area contributed by atoms with Crippen molar-refractivity contribution in [3.63, 3.8) is 0 Å². The summed E-state index contributed by atoms with van der Waals surface area (Å²) in [4.78, 5) is 67.8. The van der Waals surface area contributed by atoms with Gasteiger partial charge in [-0.1, -0.05) is 0 Å². The van der Waals surface area contributed by atoms with Crippen LogP contribution in [-0.4, -0.2) is 69.3 Å². The summed E-state index contributed by atoms with van der Waals surface area (Å²) in [6.45, 7) is 4.54. The second-order valence-electron chi connectivity index (χ2n) is 8.60. The number of hydrogen-bond donors (Lipinski definition) is 4. The minimum absolute atomic E-state index is 0.0315. The highest BCUT2D eigenvalue weighted by atomic mass is 127. The number of amides is 4. The molecular weight excluding hydrogens is 1260 g/mol. The number of aliphatic imine (C=N–C) groups is 1. The van der Waals surface area contributed by atoms with Crippen LogP contribution in [0.4, 0.5) is 11.4 Å². The average molecular weight is 1280 g/mol. The first-order valence-electron chi connectivity index (χ1n) is 12.3. The molecule has 4 N–H and O–H groups in total. The Labute approximate surface area is 335 Å². The van der Waals surface area contributed by atoms with Gasteiger partial charge in [0.1, 0.15) is 6.61 Å². The molecule has 18 heteroatoms. The summed E-state index contributed by atoms with van der Waals surface area (Å²) in [5, 5.41) is 10.8. The van der Waals surface area contributed by atoms with Crippen LogP contribution in [0.15, 0.2) is 4.99 Å². The van der Waals surface area contributed by atoms with Gasteiger partial charge in [0.05, 0.1) is 59.0 Å². The van der Waals surface area contributed by atoms with E-state index in [1.54, 1.807) is 6.92 Å². The van der Waals surface area contributed by atoms with Gasteiger partial charge >= 0.3 is 5.97 Å². The maximum atomic E-state index is 13.5. The van der Waals surface area contributed by atoms with Gasteiger partial charge in [-0.15, -0.1) is 0 Å². The maximum Gasteiger partial charge on any atom is 0.302 e.